The minimum Gasteiger partial charge on any atom is -0.384 e. The van der Waals surface area contributed by atoms with E-state index in [-0.39, 0.29) is 0 Å². The molecule has 2 radical (unpaired) electrons. The number of nitriles is 1. The molecule has 0 atom stereocenters. The van der Waals surface area contributed by atoms with E-state index < -0.39 is 0 Å². The maximum atomic E-state index is 8.40. The SMILES string of the molecule is [B]c1cc(N)ncc1C#N. The Kier molecular flexibility index (Phi) is 1.59. The van der Waals surface area contributed by atoms with E-state index in [2.05, 4.69) is 4.98 Å². The minimum absolute atomic E-state index is 0.330. The van der Waals surface area contributed by atoms with Crippen LogP contribution in [0.15, 0.2) is 12.3 Å². The molecule has 3 nitrogen and oxygen atoms in total. The summed E-state index contributed by atoms with van der Waals surface area (Å²) in [6.45, 7) is 0. The first-order valence-corrected chi connectivity index (χ1v) is 2.65. The van der Waals surface area contributed by atoms with Crippen LogP contribution in [0.5, 0.6) is 0 Å². The number of hydrogen-bond acceptors (Lipinski definition) is 3. The van der Waals surface area contributed by atoms with E-state index in [1.54, 1.807) is 0 Å². The molecule has 2 N–H and O–H groups in total. The molecule has 0 amide bonds. The van der Waals surface area contributed by atoms with Crippen molar-refractivity contribution in [2.45, 2.75) is 0 Å². The molecule has 1 aromatic heterocycles. The van der Waals surface area contributed by atoms with E-state index >= 15 is 0 Å². The van der Waals surface area contributed by atoms with E-state index in [4.69, 9.17) is 18.8 Å². The summed E-state index contributed by atoms with van der Waals surface area (Å²) in [6, 6.07) is 3.34. The van der Waals surface area contributed by atoms with E-state index in [0.717, 1.165) is 0 Å². The highest BCUT2D eigenvalue weighted by Crippen LogP contribution is 1.94. The third-order valence-corrected chi connectivity index (χ3v) is 1.08. The third kappa shape index (κ3) is 1.08. The van der Waals surface area contributed by atoms with Gasteiger partial charge in [-0.2, -0.15) is 5.26 Å². The van der Waals surface area contributed by atoms with Crippen LogP contribution in [0, 0.1) is 11.3 Å². The molecule has 0 aromatic carbocycles. The van der Waals surface area contributed by atoms with Crippen molar-refractivity contribution >= 4 is 19.1 Å². The Hall–Kier alpha value is -1.50. The lowest BCUT2D eigenvalue weighted by atomic mass is 9.93. The number of rotatable bonds is 0. The second-order valence-electron chi connectivity index (χ2n) is 1.81. The molecular formula is C6H4BN3. The second kappa shape index (κ2) is 2.40. The molecule has 0 bridgehead atoms. The normalized spacial score (nSPS) is 8.70. The van der Waals surface area contributed by atoms with Gasteiger partial charge < -0.3 is 5.73 Å². The van der Waals surface area contributed by atoms with Gasteiger partial charge in [0, 0.05) is 6.20 Å². The smallest absolute Gasteiger partial charge is 0.122 e. The van der Waals surface area contributed by atoms with Gasteiger partial charge in [0.15, 0.2) is 0 Å². The molecule has 46 valence electrons. The fourth-order valence-electron chi connectivity index (χ4n) is 0.581. The van der Waals surface area contributed by atoms with Gasteiger partial charge in [0.25, 0.3) is 0 Å². The Morgan fingerprint density at radius 3 is 2.90 bits per heavy atom. The average molecular weight is 129 g/mol. The number of nitrogen functional groups attached to an aromatic ring is 1. The Morgan fingerprint density at radius 1 is 1.70 bits per heavy atom. The molecule has 1 heterocycles. The van der Waals surface area contributed by atoms with Crippen LogP contribution in [0.1, 0.15) is 5.56 Å². The van der Waals surface area contributed by atoms with Gasteiger partial charge >= 0.3 is 0 Å². The minimum atomic E-state index is 0.330. The summed E-state index contributed by atoms with van der Waals surface area (Å²) in [6.07, 6.45) is 1.35. The van der Waals surface area contributed by atoms with Gasteiger partial charge in [-0.15, -0.1) is 0 Å². The lowest BCUT2D eigenvalue weighted by molar-refractivity contribution is 1.32. The van der Waals surface area contributed by atoms with E-state index in [0.29, 0.717) is 16.8 Å². The van der Waals surface area contributed by atoms with Crippen LogP contribution in [0.25, 0.3) is 0 Å². The number of anilines is 1. The summed E-state index contributed by atoms with van der Waals surface area (Å²) in [5, 5.41) is 8.40. The van der Waals surface area contributed by atoms with Crippen LogP contribution >= 0.6 is 0 Å². The van der Waals surface area contributed by atoms with Gasteiger partial charge in [0.2, 0.25) is 0 Å². The van der Waals surface area contributed by atoms with Crippen molar-refractivity contribution in [2.24, 2.45) is 0 Å². The molecule has 0 aliphatic heterocycles. The summed E-state index contributed by atoms with van der Waals surface area (Å²) in [5.41, 5.74) is 6.01. The van der Waals surface area contributed by atoms with Gasteiger partial charge in [0.1, 0.15) is 19.7 Å². The molecule has 4 heteroatoms. The van der Waals surface area contributed by atoms with Crippen molar-refractivity contribution in [1.82, 2.24) is 4.98 Å². The molecule has 1 rings (SSSR count). The number of nitrogens with two attached hydrogens (primary N) is 1. The Morgan fingerprint density at radius 2 is 2.40 bits per heavy atom. The van der Waals surface area contributed by atoms with Gasteiger partial charge in [0.05, 0.1) is 5.56 Å². The molecule has 0 aliphatic rings. The van der Waals surface area contributed by atoms with Crippen LogP contribution in [0.4, 0.5) is 5.82 Å². The van der Waals surface area contributed by atoms with Gasteiger partial charge in [-0.3, -0.25) is 0 Å². The molecule has 1 aromatic rings. The molecule has 0 fully saturated rings. The van der Waals surface area contributed by atoms with Crippen LogP contribution in [0.2, 0.25) is 0 Å². The third-order valence-electron chi connectivity index (χ3n) is 1.08. The first-order valence-electron chi connectivity index (χ1n) is 2.65. The molecule has 0 aliphatic carbocycles. The van der Waals surface area contributed by atoms with Crippen molar-refractivity contribution in [3.05, 3.63) is 17.8 Å². The zero-order chi connectivity index (χ0) is 7.56. The van der Waals surface area contributed by atoms with Crippen LogP contribution in [-0.2, 0) is 0 Å². The standard InChI is InChI=1S/C6H4BN3/c7-5-1-6(9)10-3-4(5)2-8/h1,3H,(H2,9,10). The zero-order valence-corrected chi connectivity index (χ0v) is 5.20. The van der Waals surface area contributed by atoms with E-state index in [1.165, 1.54) is 12.3 Å². The molecule has 0 spiro atoms. The molecule has 0 saturated carbocycles. The number of pyridine rings is 1. The summed E-state index contributed by atoms with van der Waals surface area (Å²) >= 11 is 0. The summed E-state index contributed by atoms with van der Waals surface area (Å²) < 4.78 is 0. The molecular weight excluding hydrogens is 125 g/mol. The monoisotopic (exact) mass is 129 g/mol. The van der Waals surface area contributed by atoms with Gasteiger partial charge in [-0.25, -0.2) is 4.98 Å². The van der Waals surface area contributed by atoms with Gasteiger partial charge in [-0.05, 0) is 6.07 Å². The quantitative estimate of drug-likeness (QED) is 0.472. The number of hydrogen-bond donors (Lipinski definition) is 1. The predicted molar refractivity (Wildman–Crippen MR) is 38.8 cm³/mol. The summed E-state index contributed by atoms with van der Waals surface area (Å²) in [7, 11) is 5.39. The average Bonchev–Trinajstić information content (AvgIpc) is 1.88. The van der Waals surface area contributed by atoms with Crippen molar-refractivity contribution in [1.29, 1.82) is 5.26 Å². The fourth-order valence-corrected chi connectivity index (χ4v) is 0.581. The fraction of sp³-hybridized carbons (Fsp3) is 0. The summed E-state index contributed by atoms with van der Waals surface area (Å²) in [5.74, 6) is 0.330. The molecule has 0 unspecified atom stereocenters. The maximum Gasteiger partial charge on any atom is 0.122 e. The van der Waals surface area contributed by atoms with E-state index in [9.17, 15) is 0 Å². The first kappa shape index (κ1) is 6.62. The second-order valence-corrected chi connectivity index (χ2v) is 1.81. The Bertz CT molecular complexity index is 290. The molecule has 10 heavy (non-hydrogen) atoms. The van der Waals surface area contributed by atoms with Crippen LogP contribution in [-0.4, -0.2) is 12.8 Å². The van der Waals surface area contributed by atoms with E-state index in [1.807, 2.05) is 6.07 Å². The van der Waals surface area contributed by atoms with Crippen LogP contribution < -0.4 is 11.2 Å². The first-order chi connectivity index (χ1) is 4.74. The van der Waals surface area contributed by atoms with Crippen molar-refractivity contribution < 1.29 is 0 Å². The predicted octanol–water partition coefficient (Wildman–Crippen LogP) is -0.671. The Labute approximate surface area is 59.9 Å². The lowest BCUT2D eigenvalue weighted by Gasteiger charge is -1.95. The highest BCUT2D eigenvalue weighted by Gasteiger charge is 1.95. The van der Waals surface area contributed by atoms with Crippen LogP contribution in [0.3, 0.4) is 0 Å². The maximum absolute atomic E-state index is 8.40. The highest BCUT2D eigenvalue weighted by molar-refractivity contribution is 6.34. The number of aromatic nitrogens is 1. The topological polar surface area (TPSA) is 62.7 Å². The largest absolute Gasteiger partial charge is 0.384 e. The van der Waals surface area contributed by atoms with Crippen molar-refractivity contribution in [3.63, 3.8) is 0 Å². The lowest BCUT2D eigenvalue weighted by Crippen LogP contribution is -2.09. The van der Waals surface area contributed by atoms with Gasteiger partial charge in [-0.1, -0.05) is 5.46 Å². The van der Waals surface area contributed by atoms with Crippen molar-refractivity contribution in [2.75, 3.05) is 5.73 Å². The zero-order valence-electron chi connectivity index (χ0n) is 5.20. The van der Waals surface area contributed by atoms with Crippen molar-refractivity contribution in [3.8, 4) is 6.07 Å². The number of nitrogens with zero attached hydrogens (tertiary/aromatic N) is 2. The Balaban J connectivity index is 3.23. The highest BCUT2D eigenvalue weighted by atomic mass is 14.8. The summed E-state index contributed by atoms with van der Waals surface area (Å²) in [4.78, 5) is 3.69. The molecule has 0 saturated heterocycles.